The summed E-state index contributed by atoms with van der Waals surface area (Å²) in [6.45, 7) is 14.1. The van der Waals surface area contributed by atoms with E-state index >= 15 is 0 Å². The molecule has 4 saturated carbocycles. The van der Waals surface area contributed by atoms with E-state index in [-0.39, 0.29) is 51.6 Å². The topological polar surface area (TPSA) is 78.9 Å². The maximum Gasteiger partial charge on any atom is 0.338 e. The smallest absolute Gasteiger partial charge is 0.338 e. The van der Waals surface area contributed by atoms with Gasteiger partial charge in [-0.05, 0) is 122 Å². The molecule has 1 spiro atoms. The van der Waals surface area contributed by atoms with E-state index in [1.54, 1.807) is 12.1 Å². The van der Waals surface area contributed by atoms with Crippen LogP contribution in [-0.4, -0.2) is 37.7 Å². The third-order valence-corrected chi connectivity index (χ3v) is 13.7. The Balaban J connectivity index is 1.14. The van der Waals surface area contributed by atoms with Crippen LogP contribution in [0.25, 0.3) is 0 Å². The van der Waals surface area contributed by atoms with Crippen LogP contribution in [0.3, 0.4) is 0 Å². The Morgan fingerprint density at radius 1 is 1.14 bits per heavy atom. The molecule has 44 heavy (non-hydrogen) atoms. The Bertz CT molecular complexity index is 1360. The molecule has 0 amide bonds. The minimum absolute atomic E-state index is 0.0296. The van der Waals surface area contributed by atoms with Crippen LogP contribution in [0, 0.1) is 45.3 Å². The van der Waals surface area contributed by atoms with Gasteiger partial charge in [0.2, 0.25) is 0 Å². The fourth-order valence-corrected chi connectivity index (χ4v) is 11.3. The maximum absolute atomic E-state index is 12.8. The second kappa shape index (κ2) is 11.2. The molecule has 238 valence electrons. The predicted molar refractivity (Wildman–Crippen MR) is 168 cm³/mol. The van der Waals surface area contributed by atoms with Crippen molar-refractivity contribution in [1.82, 2.24) is 0 Å². The summed E-state index contributed by atoms with van der Waals surface area (Å²) in [5.41, 5.74) is 2.75. The van der Waals surface area contributed by atoms with Gasteiger partial charge in [-0.15, -0.1) is 0 Å². The van der Waals surface area contributed by atoms with Gasteiger partial charge in [0, 0.05) is 17.9 Å². The highest BCUT2D eigenvalue weighted by atomic mass is 16.6. The summed E-state index contributed by atoms with van der Waals surface area (Å²) in [7, 11) is 1.46. The highest BCUT2D eigenvalue weighted by Gasteiger charge is 2.83. The third kappa shape index (κ3) is 4.60. The largest absolute Gasteiger partial charge is 0.469 e. The van der Waals surface area contributed by atoms with Crippen molar-refractivity contribution in [1.29, 1.82) is 0 Å². The van der Waals surface area contributed by atoms with E-state index < -0.39 is 0 Å². The fraction of sp³-hybridized carbons (Fsp3) is 0.658. The molecule has 0 radical (unpaired) electrons. The zero-order chi connectivity index (χ0) is 31.5. The molecule has 1 aliphatic heterocycles. The van der Waals surface area contributed by atoms with Gasteiger partial charge in [0.05, 0.1) is 12.7 Å². The van der Waals surface area contributed by atoms with Crippen molar-refractivity contribution in [3.05, 3.63) is 59.7 Å². The van der Waals surface area contributed by atoms with E-state index in [1.807, 2.05) is 25.1 Å². The molecule has 0 aromatic heterocycles. The summed E-state index contributed by atoms with van der Waals surface area (Å²) >= 11 is 0. The van der Waals surface area contributed by atoms with Gasteiger partial charge < -0.3 is 14.2 Å². The van der Waals surface area contributed by atoms with Crippen LogP contribution in [0.15, 0.2) is 54.1 Å². The SMILES string of the molecule is C=C1C(=O)OC2CC3C4(C)CCC(C(C)CCC=C(C)COC(=O)c5ccccc5)C4(C)CCC34CC4(CCC(=O)OC)C12. The van der Waals surface area contributed by atoms with Crippen molar-refractivity contribution in [2.24, 2.45) is 45.3 Å². The molecule has 6 heteroatoms. The first-order valence-corrected chi connectivity index (χ1v) is 16.8. The van der Waals surface area contributed by atoms with Crippen molar-refractivity contribution in [3.8, 4) is 0 Å². The van der Waals surface area contributed by atoms with Crippen LogP contribution in [0.1, 0.15) is 102 Å². The number of benzene rings is 1. The van der Waals surface area contributed by atoms with Crippen LogP contribution in [0.4, 0.5) is 0 Å². The molecule has 0 N–H and O–H groups in total. The molecule has 4 aliphatic carbocycles. The van der Waals surface area contributed by atoms with Crippen LogP contribution in [-0.2, 0) is 23.8 Å². The molecule has 5 aliphatic rings. The third-order valence-electron chi connectivity index (χ3n) is 13.7. The lowest BCUT2D eigenvalue weighted by Gasteiger charge is -2.61. The number of fused-ring (bicyclic) bond motifs is 4. The van der Waals surface area contributed by atoms with Crippen molar-refractivity contribution >= 4 is 17.9 Å². The minimum Gasteiger partial charge on any atom is -0.469 e. The average Bonchev–Trinajstić information content (AvgIpc) is 3.47. The van der Waals surface area contributed by atoms with Crippen LogP contribution in [0.5, 0.6) is 0 Å². The maximum atomic E-state index is 12.8. The normalized spacial score (nSPS) is 39.3. The van der Waals surface area contributed by atoms with Gasteiger partial charge >= 0.3 is 17.9 Å². The quantitative estimate of drug-likeness (QED) is 0.117. The van der Waals surface area contributed by atoms with Crippen LogP contribution >= 0.6 is 0 Å². The lowest BCUT2D eigenvalue weighted by Crippen LogP contribution is -2.56. The standard InChI is InChI=1S/C38H50O6/c1-24(22-43-34(41)27-13-8-7-9-14-27)11-10-12-25(2)28-15-17-36(5)30-21-29-32(26(3)33(40)44-29)38(18-16-31(39)42-6)23-37(30,38)20-19-35(28,36)4/h7-9,11,13-14,25,28-30,32H,3,10,12,15-23H2,1-2,4-6H3. The molecule has 0 bridgehead atoms. The van der Waals surface area contributed by atoms with Crippen molar-refractivity contribution in [3.63, 3.8) is 0 Å². The zero-order valence-electron chi connectivity index (χ0n) is 27.3. The Kier molecular flexibility index (Phi) is 7.90. The number of methoxy groups -OCH3 is 1. The second-order valence-electron chi connectivity index (χ2n) is 15.3. The van der Waals surface area contributed by atoms with E-state index in [4.69, 9.17) is 14.2 Å². The summed E-state index contributed by atoms with van der Waals surface area (Å²) in [6, 6.07) is 9.14. The summed E-state index contributed by atoms with van der Waals surface area (Å²) < 4.78 is 16.6. The summed E-state index contributed by atoms with van der Waals surface area (Å²) in [5.74, 6) is 1.04. The van der Waals surface area contributed by atoms with Gasteiger partial charge in [-0.3, -0.25) is 4.79 Å². The molecule has 1 aromatic rings. The highest BCUT2D eigenvalue weighted by Crippen LogP contribution is 2.88. The molecule has 5 fully saturated rings. The van der Waals surface area contributed by atoms with Crippen molar-refractivity contribution < 1.29 is 28.6 Å². The molecule has 1 heterocycles. The van der Waals surface area contributed by atoms with E-state index in [9.17, 15) is 14.4 Å². The van der Waals surface area contributed by atoms with E-state index in [2.05, 4.69) is 33.4 Å². The van der Waals surface area contributed by atoms with Gasteiger partial charge in [-0.2, -0.15) is 0 Å². The molecular weight excluding hydrogens is 552 g/mol. The number of esters is 3. The highest BCUT2D eigenvalue weighted by molar-refractivity contribution is 5.91. The Morgan fingerprint density at radius 2 is 1.89 bits per heavy atom. The molecule has 1 saturated heterocycles. The summed E-state index contributed by atoms with van der Waals surface area (Å²) in [4.78, 5) is 37.4. The Morgan fingerprint density at radius 3 is 2.61 bits per heavy atom. The predicted octanol–water partition coefficient (Wildman–Crippen LogP) is 7.87. The van der Waals surface area contributed by atoms with Gasteiger partial charge in [-0.1, -0.05) is 51.6 Å². The number of rotatable bonds is 10. The second-order valence-corrected chi connectivity index (χ2v) is 15.3. The van der Waals surface area contributed by atoms with Gasteiger partial charge in [0.15, 0.2) is 0 Å². The number of ether oxygens (including phenoxy) is 3. The minimum atomic E-state index is -0.282. The summed E-state index contributed by atoms with van der Waals surface area (Å²) in [5, 5.41) is 0. The monoisotopic (exact) mass is 602 g/mol. The van der Waals surface area contributed by atoms with Crippen molar-refractivity contribution in [2.45, 2.75) is 98.0 Å². The fourth-order valence-electron chi connectivity index (χ4n) is 11.3. The Hall–Kier alpha value is -2.89. The first-order valence-electron chi connectivity index (χ1n) is 16.8. The van der Waals surface area contributed by atoms with Gasteiger partial charge in [0.25, 0.3) is 0 Å². The molecule has 9 atom stereocenters. The number of hydrogen-bond donors (Lipinski definition) is 0. The Labute approximate surface area is 263 Å². The molecule has 6 nitrogen and oxygen atoms in total. The first kappa shape index (κ1) is 31.1. The summed E-state index contributed by atoms with van der Waals surface area (Å²) in [6.07, 6.45) is 12.1. The number of hydrogen-bond acceptors (Lipinski definition) is 6. The average molecular weight is 603 g/mol. The molecule has 9 unspecified atom stereocenters. The van der Waals surface area contributed by atoms with Crippen LogP contribution in [0.2, 0.25) is 0 Å². The van der Waals surface area contributed by atoms with E-state index in [0.717, 1.165) is 44.1 Å². The van der Waals surface area contributed by atoms with E-state index in [1.165, 1.54) is 26.4 Å². The van der Waals surface area contributed by atoms with Crippen LogP contribution < -0.4 is 0 Å². The number of allylic oxidation sites excluding steroid dienone is 1. The first-order chi connectivity index (χ1) is 20.9. The molecule has 1 aromatic carbocycles. The zero-order valence-corrected chi connectivity index (χ0v) is 27.3. The van der Waals surface area contributed by atoms with Gasteiger partial charge in [-0.25, -0.2) is 9.59 Å². The number of carbonyl (C=O) groups excluding carboxylic acids is 3. The number of carbonyl (C=O) groups is 3. The lowest BCUT2D eigenvalue weighted by molar-refractivity contribution is -0.158. The van der Waals surface area contributed by atoms with E-state index in [0.29, 0.717) is 41.9 Å². The lowest BCUT2D eigenvalue weighted by atomic mass is 9.43. The molecule has 6 rings (SSSR count). The molecular formula is C38H50O6. The van der Waals surface area contributed by atoms with Gasteiger partial charge in [0.1, 0.15) is 12.7 Å². The van der Waals surface area contributed by atoms with Crippen molar-refractivity contribution in [2.75, 3.05) is 13.7 Å².